The second-order valence-electron chi connectivity index (χ2n) is 5.23. The zero-order chi connectivity index (χ0) is 11.9. The summed E-state index contributed by atoms with van der Waals surface area (Å²) >= 11 is 3.59. The molecule has 0 spiro atoms. The van der Waals surface area contributed by atoms with E-state index >= 15 is 0 Å². The predicted octanol–water partition coefficient (Wildman–Crippen LogP) is 2.44. The van der Waals surface area contributed by atoms with Crippen LogP contribution in [0.2, 0.25) is 0 Å². The van der Waals surface area contributed by atoms with Crippen molar-refractivity contribution < 1.29 is 5.11 Å². The molecule has 0 aromatic carbocycles. The molecule has 3 nitrogen and oxygen atoms in total. The summed E-state index contributed by atoms with van der Waals surface area (Å²) in [5, 5.41) is 14.0. The minimum Gasteiger partial charge on any atom is -0.396 e. The van der Waals surface area contributed by atoms with E-state index in [0.717, 1.165) is 16.6 Å². The molecule has 0 aliphatic heterocycles. The lowest BCUT2D eigenvalue weighted by molar-refractivity contribution is 0.117. The Morgan fingerprint density at radius 3 is 2.56 bits per heavy atom. The Labute approximate surface area is 105 Å². The first-order valence-electron chi connectivity index (χ1n) is 5.77. The van der Waals surface area contributed by atoms with E-state index in [1.807, 2.05) is 18.7 Å². The van der Waals surface area contributed by atoms with Crippen molar-refractivity contribution in [1.29, 1.82) is 0 Å². The Morgan fingerprint density at radius 1 is 1.56 bits per heavy atom. The molecule has 16 heavy (non-hydrogen) atoms. The summed E-state index contributed by atoms with van der Waals surface area (Å²) in [6.07, 6.45) is 3.41. The summed E-state index contributed by atoms with van der Waals surface area (Å²) in [4.78, 5) is 0. The lowest BCUT2D eigenvalue weighted by Gasteiger charge is -2.27. The van der Waals surface area contributed by atoms with E-state index in [0.29, 0.717) is 5.92 Å². The van der Waals surface area contributed by atoms with Gasteiger partial charge in [0.15, 0.2) is 0 Å². The lowest BCUT2D eigenvalue weighted by Crippen LogP contribution is -2.28. The fraction of sp³-hybridized carbons (Fsp3) is 0.750. The third-order valence-corrected chi connectivity index (χ3v) is 4.79. The molecule has 90 valence electrons. The first kappa shape index (κ1) is 12.1. The van der Waals surface area contributed by atoms with Gasteiger partial charge in [-0.25, -0.2) is 0 Å². The number of aliphatic hydroxyl groups is 1. The topological polar surface area (TPSA) is 38.0 Å². The first-order valence-corrected chi connectivity index (χ1v) is 6.56. The normalized spacial score (nSPS) is 19.8. The van der Waals surface area contributed by atoms with Gasteiger partial charge in [0, 0.05) is 13.7 Å². The number of hydrogen-bond donors (Lipinski definition) is 1. The van der Waals surface area contributed by atoms with Crippen molar-refractivity contribution in [3.8, 4) is 0 Å². The number of aryl methyl sites for hydroxylation is 2. The molecular weight excluding hydrogens is 268 g/mol. The van der Waals surface area contributed by atoms with Gasteiger partial charge in [-0.15, -0.1) is 0 Å². The van der Waals surface area contributed by atoms with Crippen molar-refractivity contribution in [2.24, 2.45) is 18.4 Å². The van der Waals surface area contributed by atoms with E-state index in [1.54, 1.807) is 0 Å². The Balaban J connectivity index is 2.25. The van der Waals surface area contributed by atoms with Crippen LogP contribution in [0.4, 0.5) is 0 Å². The van der Waals surface area contributed by atoms with Gasteiger partial charge in [0.2, 0.25) is 0 Å². The minimum atomic E-state index is 0.0166. The molecular formula is C12H19BrN2O. The molecule has 0 amide bonds. The average Bonchev–Trinajstić information content (AvgIpc) is 3.05. The summed E-state index contributed by atoms with van der Waals surface area (Å²) in [6, 6.07) is 0. The van der Waals surface area contributed by atoms with Crippen LogP contribution < -0.4 is 0 Å². The van der Waals surface area contributed by atoms with Crippen molar-refractivity contribution in [3.05, 3.63) is 15.9 Å². The van der Waals surface area contributed by atoms with Gasteiger partial charge in [-0.05, 0) is 53.4 Å². The highest BCUT2D eigenvalue weighted by Gasteiger charge is 2.42. The molecule has 4 heteroatoms. The maximum Gasteiger partial charge on any atom is 0.0738 e. The Morgan fingerprint density at radius 2 is 2.19 bits per heavy atom. The average molecular weight is 287 g/mol. The standard InChI is InChI=1S/C12H19BrN2O/c1-8-11(13)10(15(3)14-8)6-12(2,7-16)9-4-5-9/h9,16H,4-7H2,1-3H3. The van der Waals surface area contributed by atoms with Crippen molar-refractivity contribution in [2.45, 2.75) is 33.1 Å². The number of aliphatic hydroxyl groups excluding tert-OH is 1. The molecule has 1 aromatic heterocycles. The largest absolute Gasteiger partial charge is 0.396 e. The second-order valence-corrected chi connectivity index (χ2v) is 6.03. The van der Waals surface area contributed by atoms with Crippen LogP contribution in [0.25, 0.3) is 0 Å². The molecule has 1 aliphatic carbocycles. The Hall–Kier alpha value is -0.350. The number of nitrogens with zero attached hydrogens (tertiary/aromatic N) is 2. The molecule has 1 atom stereocenters. The van der Waals surface area contributed by atoms with E-state index in [4.69, 9.17) is 0 Å². The van der Waals surface area contributed by atoms with Crippen molar-refractivity contribution >= 4 is 15.9 Å². The van der Waals surface area contributed by atoms with Gasteiger partial charge in [0.1, 0.15) is 0 Å². The summed E-state index contributed by atoms with van der Waals surface area (Å²) < 4.78 is 3.02. The highest BCUT2D eigenvalue weighted by molar-refractivity contribution is 9.10. The third-order valence-electron chi connectivity index (χ3n) is 3.76. The molecule has 1 N–H and O–H groups in total. The SMILES string of the molecule is Cc1nn(C)c(CC(C)(CO)C2CC2)c1Br. The fourth-order valence-corrected chi connectivity index (χ4v) is 2.84. The highest BCUT2D eigenvalue weighted by atomic mass is 79.9. The number of aromatic nitrogens is 2. The van der Waals surface area contributed by atoms with E-state index in [-0.39, 0.29) is 12.0 Å². The van der Waals surface area contributed by atoms with Crippen LogP contribution in [-0.2, 0) is 13.5 Å². The molecule has 1 aromatic rings. The molecule has 0 saturated heterocycles. The van der Waals surface area contributed by atoms with Gasteiger partial charge in [-0.1, -0.05) is 6.92 Å². The van der Waals surface area contributed by atoms with Crippen molar-refractivity contribution in [1.82, 2.24) is 9.78 Å². The quantitative estimate of drug-likeness (QED) is 0.923. The summed E-state index contributed by atoms with van der Waals surface area (Å²) in [5.41, 5.74) is 2.23. The summed E-state index contributed by atoms with van der Waals surface area (Å²) in [6.45, 7) is 4.44. The van der Waals surface area contributed by atoms with E-state index in [2.05, 4.69) is 28.0 Å². The summed E-state index contributed by atoms with van der Waals surface area (Å²) in [5.74, 6) is 0.680. The van der Waals surface area contributed by atoms with Gasteiger partial charge in [0.05, 0.1) is 15.9 Å². The molecule has 1 saturated carbocycles. The van der Waals surface area contributed by atoms with Gasteiger partial charge < -0.3 is 5.11 Å². The van der Waals surface area contributed by atoms with Gasteiger partial charge in [-0.2, -0.15) is 5.10 Å². The molecule has 2 rings (SSSR count). The number of hydrogen-bond acceptors (Lipinski definition) is 2. The van der Waals surface area contributed by atoms with Crippen LogP contribution in [0.3, 0.4) is 0 Å². The van der Waals surface area contributed by atoms with Gasteiger partial charge in [-0.3, -0.25) is 4.68 Å². The van der Waals surface area contributed by atoms with Crippen LogP contribution in [-0.4, -0.2) is 21.5 Å². The number of halogens is 1. The smallest absolute Gasteiger partial charge is 0.0738 e. The number of rotatable bonds is 4. The molecule has 0 bridgehead atoms. The Bertz CT molecular complexity index is 398. The summed E-state index contributed by atoms with van der Waals surface area (Å²) in [7, 11) is 1.97. The second kappa shape index (κ2) is 4.15. The van der Waals surface area contributed by atoms with Crippen LogP contribution >= 0.6 is 15.9 Å². The van der Waals surface area contributed by atoms with E-state index in [1.165, 1.54) is 18.5 Å². The minimum absolute atomic E-state index is 0.0166. The lowest BCUT2D eigenvalue weighted by atomic mass is 9.81. The zero-order valence-electron chi connectivity index (χ0n) is 10.1. The highest BCUT2D eigenvalue weighted by Crippen LogP contribution is 2.47. The molecule has 1 unspecified atom stereocenters. The maximum atomic E-state index is 9.60. The molecule has 1 aliphatic rings. The fourth-order valence-electron chi connectivity index (χ4n) is 2.36. The zero-order valence-corrected chi connectivity index (χ0v) is 11.7. The third kappa shape index (κ3) is 2.05. The predicted molar refractivity (Wildman–Crippen MR) is 67.3 cm³/mol. The Kier molecular flexibility index (Phi) is 3.14. The monoisotopic (exact) mass is 286 g/mol. The van der Waals surface area contributed by atoms with E-state index in [9.17, 15) is 5.11 Å². The maximum absolute atomic E-state index is 9.60. The van der Waals surface area contributed by atoms with Crippen LogP contribution in [0.15, 0.2) is 4.47 Å². The molecule has 1 heterocycles. The molecule has 0 radical (unpaired) electrons. The van der Waals surface area contributed by atoms with Crippen molar-refractivity contribution in [3.63, 3.8) is 0 Å². The van der Waals surface area contributed by atoms with Gasteiger partial charge in [0.25, 0.3) is 0 Å². The van der Waals surface area contributed by atoms with Crippen LogP contribution in [0, 0.1) is 18.3 Å². The molecule has 1 fully saturated rings. The van der Waals surface area contributed by atoms with E-state index < -0.39 is 0 Å². The van der Waals surface area contributed by atoms with Crippen molar-refractivity contribution in [2.75, 3.05) is 6.61 Å². The first-order chi connectivity index (χ1) is 7.48. The van der Waals surface area contributed by atoms with Gasteiger partial charge >= 0.3 is 0 Å². The van der Waals surface area contributed by atoms with Crippen LogP contribution in [0.1, 0.15) is 31.2 Å². The van der Waals surface area contributed by atoms with Crippen LogP contribution in [0.5, 0.6) is 0 Å².